The van der Waals surface area contributed by atoms with Gasteiger partial charge in [-0.1, -0.05) is 84.9 Å². The van der Waals surface area contributed by atoms with Gasteiger partial charge in [0.1, 0.15) is 5.84 Å². The number of hydrogen-bond acceptors (Lipinski definition) is 2. The molecule has 0 saturated carbocycles. The number of carboxylic acids is 1. The molecule has 3 aromatic carbocycles. The lowest BCUT2D eigenvalue weighted by molar-refractivity contribution is -0.137. The Morgan fingerprint density at radius 2 is 1.72 bits per heavy atom. The van der Waals surface area contributed by atoms with E-state index in [0.717, 1.165) is 23.1 Å². The van der Waals surface area contributed by atoms with Crippen molar-refractivity contribution in [3.05, 3.63) is 113 Å². The zero-order chi connectivity index (χ0) is 22.9. The summed E-state index contributed by atoms with van der Waals surface area (Å²) >= 11 is 6.17. The van der Waals surface area contributed by atoms with Crippen molar-refractivity contribution in [3.63, 3.8) is 0 Å². The fourth-order valence-electron chi connectivity index (χ4n) is 3.45. The monoisotopic (exact) mass is 446 g/mol. The van der Waals surface area contributed by atoms with E-state index in [2.05, 4.69) is 18.7 Å². The average Bonchev–Trinajstić information content (AvgIpc) is 2.79. The first-order chi connectivity index (χ1) is 15.4. The van der Waals surface area contributed by atoms with Crippen LogP contribution in [0.2, 0.25) is 5.02 Å². The first-order valence-electron chi connectivity index (χ1n) is 10.5. The molecule has 0 aromatic heterocycles. The predicted octanol–water partition coefficient (Wildman–Crippen LogP) is 6.09. The molecule has 3 rings (SSSR count). The molecule has 0 spiro atoms. The highest BCUT2D eigenvalue weighted by molar-refractivity contribution is 6.30. The van der Waals surface area contributed by atoms with Crippen molar-refractivity contribution < 1.29 is 9.90 Å². The number of hydrogen-bond donors (Lipinski definition) is 1. The molecule has 0 atom stereocenters. The van der Waals surface area contributed by atoms with Gasteiger partial charge < -0.3 is 10.0 Å². The molecular weight excluding hydrogens is 420 g/mol. The topological polar surface area (TPSA) is 52.9 Å². The second-order valence-corrected chi connectivity index (χ2v) is 8.01. The largest absolute Gasteiger partial charge is 0.481 e. The van der Waals surface area contributed by atoms with Crippen LogP contribution in [0.5, 0.6) is 0 Å². The van der Waals surface area contributed by atoms with Gasteiger partial charge in [-0.15, -0.1) is 0 Å². The third kappa shape index (κ3) is 6.56. The van der Waals surface area contributed by atoms with Crippen molar-refractivity contribution in [2.75, 3.05) is 13.1 Å². The Bertz CT molecular complexity index is 1110. The van der Waals surface area contributed by atoms with E-state index in [0.29, 0.717) is 29.6 Å². The second kappa shape index (κ2) is 11.3. The number of benzene rings is 3. The summed E-state index contributed by atoms with van der Waals surface area (Å²) in [5, 5.41) is 9.96. The smallest absolute Gasteiger partial charge is 0.305 e. The van der Waals surface area contributed by atoms with E-state index in [1.807, 2.05) is 78.6 Å². The number of aryl methyl sites for hydroxylation is 1. The van der Waals surface area contributed by atoms with Gasteiger partial charge >= 0.3 is 5.97 Å². The van der Waals surface area contributed by atoms with E-state index >= 15 is 0 Å². The zero-order valence-corrected chi connectivity index (χ0v) is 18.9. The van der Waals surface area contributed by atoms with E-state index < -0.39 is 5.97 Å². The van der Waals surface area contributed by atoms with Crippen molar-refractivity contribution in [3.8, 4) is 0 Å². The van der Waals surface area contributed by atoms with Crippen LogP contribution in [0.25, 0.3) is 5.70 Å². The first-order valence-corrected chi connectivity index (χ1v) is 10.9. The van der Waals surface area contributed by atoms with Gasteiger partial charge in [0, 0.05) is 29.2 Å². The number of carboxylic acid groups (broad SMARTS) is 1. The Hall–Kier alpha value is -3.37. The Kier molecular flexibility index (Phi) is 8.23. The van der Waals surface area contributed by atoms with Crippen LogP contribution in [0.1, 0.15) is 28.7 Å². The second-order valence-electron chi connectivity index (χ2n) is 7.57. The molecule has 164 valence electrons. The van der Waals surface area contributed by atoms with Crippen LogP contribution in [0.15, 0.2) is 90.4 Å². The molecule has 0 aliphatic carbocycles. The fraction of sp³-hybridized carbons (Fsp3) is 0.185. The molecule has 0 unspecified atom stereocenters. The van der Waals surface area contributed by atoms with E-state index in [9.17, 15) is 9.90 Å². The molecule has 0 saturated heterocycles. The average molecular weight is 447 g/mol. The van der Waals surface area contributed by atoms with Gasteiger partial charge in [-0.3, -0.25) is 4.79 Å². The summed E-state index contributed by atoms with van der Waals surface area (Å²) < 4.78 is 0. The highest BCUT2D eigenvalue weighted by Crippen LogP contribution is 2.22. The first kappa shape index (κ1) is 23.3. The van der Waals surface area contributed by atoms with E-state index in [4.69, 9.17) is 16.6 Å². The number of carbonyl (C=O) groups is 1. The van der Waals surface area contributed by atoms with Crippen LogP contribution in [-0.2, 0) is 11.2 Å². The molecule has 32 heavy (non-hydrogen) atoms. The molecular formula is C27H27ClN2O2. The van der Waals surface area contributed by atoms with Crippen molar-refractivity contribution in [1.82, 2.24) is 4.90 Å². The van der Waals surface area contributed by atoms with Gasteiger partial charge in [0.05, 0.1) is 12.1 Å². The summed E-state index contributed by atoms with van der Waals surface area (Å²) in [7, 11) is 0. The lowest BCUT2D eigenvalue weighted by Crippen LogP contribution is -2.36. The number of aliphatic imine (C=N–C) groups is 1. The predicted molar refractivity (Wildman–Crippen MR) is 132 cm³/mol. The third-order valence-electron chi connectivity index (χ3n) is 5.19. The van der Waals surface area contributed by atoms with Crippen molar-refractivity contribution >= 4 is 29.1 Å². The molecule has 4 nitrogen and oxygen atoms in total. The third-order valence-corrected chi connectivity index (χ3v) is 5.43. The molecule has 0 bridgehead atoms. The molecule has 0 aliphatic heterocycles. The maximum atomic E-state index is 11.4. The lowest BCUT2D eigenvalue weighted by Gasteiger charge is -2.27. The van der Waals surface area contributed by atoms with Crippen molar-refractivity contribution in [1.29, 1.82) is 0 Å². The van der Waals surface area contributed by atoms with Gasteiger partial charge in [0.2, 0.25) is 0 Å². The molecule has 0 amide bonds. The summed E-state index contributed by atoms with van der Waals surface area (Å²) in [5.74, 6) is -0.127. The van der Waals surface area contributed by atoms with Crippen LogP contribution in [0.4, 0.5) is 0 Å². The molecule has 0 aliphatic rings. The van der Waals surface area contributed by atoms with Crippen LogP contribution in [0.3, 0.4) is 0 Å². The summed E-state index contributed by atoms with van der Waals surface area (Å²) in [6.07, 6.45) is 0.790. The van der Waals surface area contributed by atoms with Crippen LogP contribution in [-0.4, -0.2) is 34.9 Å². The minimum absolute atomic E-state index is 0.0172. The van der Waals surface area contributed by atoms with Crippen molar-refractivity contribution in [2.45, 2.75) is 19.8 Å². The Morgan fingerprint density at radius 1 is 1.00 bits per heavy atom. The number of nitrogens with zero attached hydrogens (tertiary/aromatic N) is 2. The van der Waals surface area contributed by atoms with E-state index in [1.54, 1.807) is 0 Å². The fourth-order valence-corrected chi connectivity index (χ4v) is 3.64. The van der Waals surface area contributed by atoms with E-state index in [-0.39, 0.29) is 6.42 Å². The number of rotatable bonds is 9. The maximum absolute atomic E-state index is 11.4. The summed E-state index contributed by atoms with van der Waals surface area (Å²) in [6, 6.07) is 25.6. The van der Waals surface area contributed by atoms with Gasteiger partial charge in [-0.2, -0.15) is 0 Å². The number of halogens is 1. The molecule has 1 N–H and O–H groups in total. The highest BCUT2D eigenvalue weighted by atomic mass is 35.5. The molecule has 0 radical (unpaired) electrons. The quantitative estimate of drug-likeness (QED) is 0.320. The van der Waals surface area contributed by atoms with Crippen molar-refractivity contribution in [2.24, 2.45) is 4.99 Å². The Balaban J connectivity index is 2.00. The minimum atomic E-state index is -0.840. The lowest BCUT2D eigenvalue weighted by atomic mass is 10.1. The minimum Gasteiger partial charge on any atom is -0.481 e. The zero-order valence-electron chi connectivity index (χ0n) is 18.2. The summed E-state index contributed by atoms with van der Waals surface area (Å²) in [4.78, 5) is 18.3. The van der Waals surface area contributed by atoms with Crippen LogP contribution in [0, 0.1) is 6.92 Å². The van der Waals surface area contributed by atoms with Gasteiger partial charge in [0.15, 0.2) is 0 Å². The number of aliphatic carboxylic acids is 1. The normalized spacial score (nSPS) is 11.2. The van der Waals surface area contributed by atoms with Crippen LogP contribution >= 0.6 is 11.6 Å². The van der Waals surface area contributed by atoms with Gasteiger partial charge in [0.25, 0.3) is 0 Å². The summed E-state index contributed by atoms with van der Waals surface area (Å²) in [6.45, 7) is 7.17. The standard InChI is InChI=1S/C27H27ClN2O2/c1-20-9-6-7-14-25(20)27(29-21(2)23-12-8-13-24(28)19-23)30(18-16-26(31)32)17-15-22-10-4-3-5-11-22/h3-14,19H,2,15-18H2,1H3,(H,31,32). The molecule has 0 fully saturated rings. The Morgan fingerprint density at radius 3 is 2.41 bits per heavy atom. The SMILES string of the molecule is C=C(N=C(c1ccccc1C)N(CCC(=O)O)CCc1ccccc1)c1cccc(Cl)c1. The number of amidine groups is 1. The van der Waals surface area contributed by atoms with Crippen LogP contribution < -0.4 is 0 Å². The molecule has 0 heterocycles. The van der Waals surface area contributed by atoms with Gasteiger partial charge in [-0.05, 0) is 36.6 Å². The van der Waals surface area contributed by atoms with E-state index in [1.165, 1.54) is 5.56 Å². The van der Waals surface area contributed by atoms with Gasteiger partial charge in [-0.25, -0.2) is 4.99 Å². The maximum Gasteiger partial charge on any atom is 0.305 e. The molecule has 3 aromatic rings. The Labute approximate surface area is 194 Å². The highest BCUT2D eigenvalue weighted by Gasteiger charge is 2.18. The molecule has 5 heteroatoms. The summed E-state index contributed by atoms with van der Waals surface area (Å²) in [5.41, 5.74) is 4.60.